The van der Waals surface area contributed by atoms with Gasteiger partial charge in [0.25, 0.3) is 0 Å². The molecule has 2 fully saturated rings. The summed E-state index contributed by atoms with van der Waals surface area (Å²) < 4.78 is 35.0. The fourth-order valence-corrected chi connectivity index (χ4v) is 7.47. The number of nitrogens with zero attached hydrogens (tertiary/aromatic N) is 2. The molecule has 0 saturated carbocycles. The van der Waals surface area contributed by atoms with E-state index in [0.29, 0.717) is 23.8 Å². The number of hydrogen-bond donors (Lipinski definition) is 0. The molecule has 5 rings (SSSR count). The number of ether oxygens (including phenoxy) is 1. The normalized spacial score (nSPS) is 23.9. The fraction of sp³-hybridized carbons (Fsp3) is 0.286. The van der Waals surface area contributed by atoms with Crippen molar-refractivity contribution in [2.24, 2.45) is 5.92 Å². The summed E-state index contributed by atoms with van der Waals surface area (Å²) in [6.45, 7) is 1.82. The smallest absolute Gasteiger partial charge is 0.183 e. The van der Waals surface area contributed by atoms with Gasteiger partial charge in [-0.15, -0.1) is 0 Å². The van der Waals surface area contributed by atoms with Gasteiger partial charge in [0.2, 0.25) is 0 Å². The van der Waals surface area contributed by atoms with Gasteiger partial charge in [-0.3, -0.25) is 4.98 Å². The van der Waals surface area contributed by atoms with E-state index in [4.69, 9.17) is 4.74 Å². The van der Waals surface area contributed by atoms with Crippen LogP contribution in [0.2, 0.25) is 0 Å². The predicted molar refractivity (Wildman–Crippen MR) is 111 cm³/mol. The summed E-state index contributed by atoms with van der Waals surface area (Å²) in [4.78, 5) is 4.47. The van der Waals surface area contributed by atoms with Gasteiger partial charge in [0.1, 0.15) is 12.4 Å². The van der Waals surface area contributed by atoms with Crippen LogP contribution in [0.25, 0.3) is 10.8 Å². The lowest BCUT2D eigenvalue weighted by Crippen LogP contribution is -2.33. The van der Waals surface area contributed by atoms with Gasteiger partial charge in [-0.1, -0.05) is 42.3 Å². The first-order valence-electron chi connectivity index (χ1n) is 9.27. The molecule has 5 nitrogen and oxygen atoms in total. The molecule has 7 heteroatoms. The van der Waals surface area contributed by atoms with Crippen LogP contribution in [0.3, 0.4) is 0 Å². The van der Waals surface area contributed by atoms with Crippen LogP contribution in [0.5, 0.6) is 5.75 Å². The Kier molecular flexibility index (Phi) is 4.53. The molecular formula is C21H20N2O3S2. The van der Waals surface area contributed by atoms with Gasteiger partial charge in [-0.25, -0.2) is 12.7 Å². The van der Waals surface area contributed by atoms with E-state index in [2.05, 4.69) is 9.29 Å². The zero-order valence-electron chi connectivity index (χ0n) is 15.2. The molecule has 0 amide bonds. The molecule has 3 atom stereocenters. The third-order valence-corrected chi connectivity index (χ3v) is 8.92. The van der Waals surface area contributed by atoms with Gasteiger partial charge < -0.3 is 4.74 Å². The van der Waals surface area contributed by atoms with Crippen LogP contribution in [-0.4, -0.2) is 41.8 Å². The highest BCUT2D eigenvalue weighted by molar-refractivity contribution is 7.97. The van der Waals surface area contributed by atoms with Crippen LogP contribution in [0, 0.1) is 5.92 Å². The molecule has 144 valence electrons. The van der Waals surface area contributed by atoms with E-state index in [1.807, 2.05) is 36.4 Å². The highest BCUT2D eigenvalue weighted by Crippen LogP contribution is 2.41. The number of pyridine rings is 1. The highest BCUT2D eigenvalue weighted by atomic mass is 32.2. The zero-order chi connectivity index (χ0) is 19.1. The van der Waals surface area contributed by atoms with E-state index >= 15 is 0 Å². The molecule has 2 aliphatic rings. The molecule has 28 heavy (non-hydrogen) atoms. The Hall–Kier alpha value is -2.09. The second-order valence-corrected chi connectivity index (χ2v) is 10.6. The molecule has 2 aliphatic heterocycles. The minimum absolute atomic E-state index is 0.209. The van der Waals surface area contributed by atoms with Crippen molar-refractivity contribution in [2.45, 2.75) is 16.8 Å². The maximum Gasteiger partial charge on any atom is 0.183 e. The molecule has 0 radical (unpaired) electrons. The lowest BCUT2D eigenvalue weighted by Gasteiger charge is -2.22. The number of sulfone groups is 1. The van der Waals surface area contributed by atoms with Gasteiger partial charge in [-0.2, -0.15) is 0 Å². The van der Waals surface area contributed by atoms with Crippen LogP contribution in [0.15, 0.2) is 65.8 Å². The lowest BCUT2D eigenvalue weighted by atomic mass is 10.1. The standard InChI is InChI=1S/C21H20N2O3S2/c24-28(25,21-12-23-11-17(21)14-27-23)18-8-16-5-1-2-6-19(16)20(9-18)26-13-15-4-3-7-22-10-15/h1-10,17,21H,11-14H2. The van der Waals surface area contributed by atoms with Gasteiger partial charge in [0.05, 0.1) is 10.1 Å². The van der Waals surface area contributed by atoms with Crippen molar-refractivity contribution in [3.05, 3.63) is 66.5 Å². The summed E-state index contributed by atoms with van der Waals surface area (Å²) in [6.07, 6.45) is 3.47. The molecule has 2 bridgehead atoms. The Balaban J connectivity index is 1.53. The van der Waals surface area contributed by atoms with Crippen molar-refractivity contribution in [1.82, 2.24) is 9.29 Å². The quantitative estimate of drug-likeness (QED) is 0.598. The van der Waals surface area contributed by atoms with Gasteiger partial charge in [-0.05, 0) is 23.6 Å². The van der Waals surface area contributed by atoms with Crippen LogP contribution in [-0.2, 0) is 16.4 Å². The molecule has 0 spiro atoms. The fourth-order valence-electron chi connectivity index (χ4n) is 3.97. The number of benzene rings is 2. The third kappa shape index (κ3) is 3.17. The summed E-state index contributed by atoms with van der Waals surface area (Å²) in [7, 11) is -3.41. The summed E-state index contributed by atoms with van der Waals surface area (Å²) in [5, 5.41) is 1.46. The first-order chi connectivity index (χ1) is 13.6. The Morgan fingerprint density at radius 1 is 1.14 bits per heavy atom. The summed E-state index contributed by atoms with van der Waals surface area (Å²) >= 11 is 1.76. The van der Waals surface area contributed by atoms with Crippen molar-refractivity contribution in [1.29, 1.82) is 0 Å². The topological polar surface area (TPSA) is 59.5 Å². The van der Waals surface area contributed by atoms with Gasteiger partial charge in [0.15, 0.2) is 9.84 Å². The highest BCUT2D eigenvalue weighted by Gasteiger charge is 2.46. The van der Waals surface area contributed by atoms with Gasteiger partial charge >= 0.3 is 0 Å². The minimum Gasteiger partial charge on any atom is -0.488 e. The average Bonchev–Trinajstić information content (AvgIpc) is 3.36. The Morgan fingerprint density at radius 3 is 2.79 bits per heavy atom. The average molecular weight is 413 g/mol. The molecule has 0 N–H and O–H groups in total. The number of aromatic nitrogens is 1. The monoisotopic (exact) mass is 412 g/mol. The van der Waals surface area contributed by atoms with E-state index in [0.717, 1.165) is 28.6 Å². The summed E-state index contributed by atoms with van der Waals surface area (Å²) in [5.74, 6) is 1.70. The molecule has 1 aromatic heterocycles. The maximum atomic E-state index is 13.4. The second-order valence-electron chi connectivity index (χ2n) is 7.28. The molecule has 0 aliphatic carbocycles. The Labute approximate surface area is 168 Å². The molecule has 3 unspecified atom stereocenters. The van der Waals surface area contributed by atoms with Crippen molar-refractivity contribution < 1.29 is 13.2 Å². The molecule has 3 heterocycles. The van der Waals surface area contributed by atoms with Crippen molar-refractivity contribution >= 4 is 32.6 Å². The first-order valence-corrected chi connectivity index (χ1v) is 11.8. The van der Waals surface area contributed by atoms with Crippen LogP contribution >= 0.6 is 11.9 Å². The lowest BCUT2D eigenvalue weighted by molar-refractivity contribution is 0.309. The van der Waals surface area contributed by atoms with Crippen molar-refractivity contribution in [2.75, 3.05) is 18.8 Å². The maximum absolute atomic E-state index is 13.4. The predicted octanol–water partition coefficient (Wildman–Crippen LogP) is 3.55. The summed E-state index contributed by atoms with van der Waals surface area (Å²) in [5.41, 5.74) is 0.942. The SMILES string of the molecule is O=S(=O)(c1cc(OCc2cccnc2)c2ccccc2c1)C1CN2CC1CS2. The molecule has 2 aromatic carbocycles. The van der Waals surface area contributed by atoms with Crippen molar-refractivity contribution in [3.63, 3.8) is 0 Å². The van der Waals surface area contributed by atoms with Crippen LogP contribution < -0.4 is 4.74 Å². The Morgan fingerprint density at radius 2 is 2.04 bits per heavy atom. The van der Waals surface area contributed by atoms with Crippen LogP contribution in [0.4, 0.5) is 0 Å². The van der Waals surface area contributed by atoms with E-state index in [-0.39, 0.29) is 11.2 Å². The molecule has 2 saturated heterocycles. The van der Waals surface area contributed by atoms with Gasteiger partial charge in [0, 0.05) is 48.1 Å². The first kappa shape index (κ1) is 18.0. The minimum atomic E-state index is -3.41. The van der Waals surface area contributed by atoms with E-state index < -0.39 is 9.84 Å². The zero-order valence-corrected chi connectivity index (χ0v) is 16.8. The number of fused-ring (bicyclic) bond motifs is 3. The van der Waals surface area contributed by atoms with E-state index in [1.165, 1.54) is 0 Å². The number of hydrogen-bond acceptors (Lipinski definition) is 6. The largest absolute Gasteiger partial charge is 0.488 e. The number of rotatable bonds is 5. The van der Waals surface area contributed by atoms with Crippen LogP contribution in [0.1, 0.15) is 5.56 Å². The molecule has 3 aromatic rings. The summed E-state index contributed by atoms with van der Waals surface area (Å²) in [6, 6.07) is 15.0. The molecular weight excluding hydrogens is 392 g/mol. The Bertz CT molecular complexity index is 1120. The van der Waals surface area contributed by atoms with E-state index in [9.17, 15) is 8.42 Å². The van der Waals surface area contributed by atoms with E-state index in [1.54, 1.807) is 36.5 Å². The second kappa shape index (κ2) is 7.06. The third-order valence-electron chi connectivity index (χ3n) is 5.46. The van der Waals surface area contributed by atoms with Crippen molar-refractivity contribution in [3.8, 4) is 5.75 Å².